The van der Waals surface area contributed by atoms with Crippen molar-refractivity contribution in [2.24, 2.45) is 0 Å². The number of hydrogen-bond donors (Lipinski definition) is 0. The zero-order valence-corrected chi connectivity index (χ0v) is 15.6. The highest BCUT2D eigenvalue weighted by Crippen LogP contribution is 2.19. The van der Waals surface area contributed by atoms with Crippen molar-refractivity contribution in [3.8, 4) is 11.3 Å². The number of anilines is 1. The third kappa shape index (κ3) is 4.11. The van der Waals surface area contributed by atoms with Gasteiger partial charge in [0.05, 0.1) is 12.2 Å². The smallest absolute Gasteiger partial charge is 0.240 e. The van der Waals surface area contributed by atoms with Crippen molar-refractivity contribution in [3.63, 3.8) is 0 Å². The summed E-state index contributed by atoms with van der Waals surface area (Å²) in [6.45, 7) is 8.45. The molecule has 0 amide bonds. The number of rotatable bonds is 5. The summed E-state index contributed by atoms with van der Waals surface area (Å²) in [6.07, 6.45) is 3.55. The average Bonchev–Trinajstić information content (AvgIpc) is 3.18. The predicted octanol–water partition coefficient (Wildman–Crippen LogP) is 2.37. The Morgan fingerprint density at radius 1 is 1.07 bits per heavy atom. The van der Waals surface area contributed by atoms with Crippen molar-refractivity contribution >= 4 is 5.82 Å². The molecule has 3 aromatic heterocycles. The number of hydrogen-bond acceptors (Lipinski definition) is 8. The van der Waals surface area contributed by atoms with Crippen molar-refractivity contribution in [1.82, 2.24) is 30.2 Å². The molecule has 140 valence electrons. The maximum atomic E-state index is 5.35. The van der Waals surface area contributed by atoms with E-state index < -0.39 is 0 Å². The summed E-state index contributed by atoms with van der Waals surface area (Å²) in [4.78, 5) is 13.2. The van der Waals surface area contributed by atoms with E-state index in [1.54, 1.807) is 12.4 Å². The first kappa shape index (κ1) is 17.5. The fourth-order valence-corrected chi connectivity index (χ4v) is 3.06. The first-order valence-electron chi connectivity index (χ1n) is 9.23. The van der Waals surface area contributed by atoms with E-state index in [1.165, 1.54) is 0 Å². The topological polar surface area (TPSA) is 84.1 Å². The van der Waals surface area contributed by atoms with Crippen molar-refractivity contribution in [2.75, 3.05) is 31.1 Å². The zero-order valence-electron chi connectivity index (χ0n) is 15.6. The molecule has 27 heavy (non-hydrogen) atoms. The molecule has 0 bridgehead atoms. The van der Waals surface area contributed by atoms with E-state index >= 15 is 0 Å². The van der Waals surface area contributed by atoms with E-state index in [1.807, 2.05) is 24.3 Å². The van der Waals surface area contributed by atoms with Gasteiger partial charge in [0, 0.05) is 50.1 Å². The largest absolute Gasteiger partial charge is 0.353 e. The lowest BCUT2D eigenvalue weighted by Crippen LogP contribution is -2.46. The summed E-state index contributed by atoms with van der Waals surface area (Å²) in [7, 11) is 0. The van der Waals surface area contributed by atoms with Crippen LogP contribution in [0.5, 0.6) is 0 Å². The second-order valence-corrected chi connectivity index (χ2v) is 6.98. The van der Waals surface area contributed by atoms with Crippen molar-refractivity contribution in [3.05, 3.63) is 48.4 Å². The number of pyridine rings is 1. The molecule has 8 heteroatoms. The minimum Gasteiger partial charge on any atom is -0.353 e. The molecule has 1 saturated heterocycles. The number of piperazine rings is 1. The molecule has 0 spiro atoms. The first-order chi connectivity index (χ1) is 13.2. The summed E-state index contributed by atoms with van der Waals surface area (Å²) in [6, 6.07) is 7.91. The minimum absolute atomic E-state index is 0.285. The van der Waals surface area contributed by atoms with E-state index in [0.717, 1.165) is 49.1 Å². The Bertz CT molecular complexity index is 855. The van der Waals surface area contributed by atoms with Gasteiger partial charge in [-0.15, -0.1) is 10.2 Å². The van der Waals surface area contributed by atoms with Crippen LogP contribution in [0.25, 0.3) is 11.3 Å². The van der Waals surface area contributed by atoms with Gasteiger partial charge in [-0.1, -0.05) is 19.0 Å². The van der Waals surface area contributed by atoms with Gasteiger partial charge in [-0.25, -0.2) is 0 Å². The monoisotopic (exact) mass is 365 g/mol. The number of aromatic nitrogens is 5. The second kappa shape index (κ2) is 7.79. The summed E-state index contributed by atoms with van der Waals surface area (Å²) >= 11 is 0. The van der Waals surface area contributed by atoms with Crippen LogP contribution < -0.4 is 4.90 Å². The van der Waals surface area contributed by atoms with Crippen LogP contribution in [0.3, 0.4) is 0 Å². The first-order valence-corrected chi connectivity index (χ1v) is 9.23. The van der Waals surface area contributed by atoms with Gasteiger partial charge in [-0.2, -0.15) is 4.98 Å². The third-order valence-electron chi connectivity index (χ3n) is 4.66. The molecule has 0 unspecified atom stereocenters. The quantitative estimate of drug-likeness (QED) is 0.681. The SMILES string of the molecule is CC(C)c1noc(CN2CCN(c3ccc(-c4cccnc4)nn3)CC2)n1. The Balaban J connectivity index is 1.33. The van der Waals surface area contributed by atoms with E-state index in [4.69, 9.17) is 4.52 Å². The number of nitrogens with zero attached hydrogens (tertiary/aromatic N) is 7. The lowest BCUT2D eigenvalue weighted by atomic mass is 10.2. The van der Waals surface area contributed by atoms with Gasteiger partial charge in [0.1, 0.15) is 0 Å². The molecule has 1 aliphatic rings. The van der Waals surface area contributed by atoms with Crippen LogP contribution in [0.2, 0.25) is 0 Å². The molecule has 4 heterocycles. The van der Waals surface area contributed by atoms with Gasteiger partial charge in [-0.3, -0.25) is 9.88 Å². The maximum Gasteiger partial charge on any atom is 0.240 e. The second-order valence-electron chi connectivity index (χ2n) is 6.98. The molecule has 0 aromatic carbocycles. The third-order valence-corrected chi connectivity index (χ3v) is 4.66. The van der Waals surface area contributed by atoms with Gasteiger partial charge < -0.3 is 9.42 Å². The van der Waals surface area contributed by atoms with Gasteiger partial charge in [-0.05, 0) is 24.3 Å². The Labute approximate surface area is 158 Å². The van der Waals surface area contributed by atoms with Crippen LogP contribution in [0.4, 0.5) is 5.82 Å². The molecule has 1 fully saturated rings. The van der Waals surface area contributed by atoms with Crippen LogP contribution >= 0.6 is 0 Å². The Morgan fingerprint density at radius 3 is 2.56 bits per heavy atom. The molecule has 4 rings (SSSR count). The fraction of sp³-hybridized carbons (Fsp3) is 0.421. The van der Waals surface area contributed by atoms with Crippen LogP contribution in [-0.2, 0) is 6.54 Å². The van der Waals surface area contributed by atoms with E-state index in [9.17, 15) is 0 Å². The van der Waals surface area contributed by atoms with Gasteiger partial charge >= 0.3 is 0 Å². The summed E-state index contributed by atoms with van der Waals surface area (Å²) in [5, 5.41) is 12.8. The normalized spacial score (nSPS) is 15.4. The van der Waals surface area contributed by atoms with Crippen LogP contribution in [0.15, 0.2) is 41.2 Å². The zero-order chi connectivity index (χ0) is 18.6. The Kier molecular flexibility index (Phi) is 5.06. The van der Waals surface area contributed by atoms with Crippen LogP contribution in [-0.4, -0.2) is 56.4 Å². The van der Waals surface area contributed by atoms with Gasteiger partial charge in [0.15, 0.2) is 11.6 Å². The summed E-state index contributed by atoms with van der Waals surface area (Å²) in [5.74, 6) is 2.65. The molecule has 0 atom stereocenters. The Hall–Kier alpha value is -2.87. The molecular formula is C19H23N7O. The summed E-state index contributed by atoms with van der Waals surface area (Å²) in [5.41, 5.74) is 1.81. The van der Waals surface area contributed by atoms with Crippen molar-refractivity contribution < 1.29 is 4.52 Å². The molecule has 0 radical (unpaired) electrons. The van der Waals surface area contributed by atoms with E-state index in [2.05, 4.69) is 49.0 Å². The van der Waals surface area contributed by atoms with Crippen molar-refractivity contribution in [1.29, 1.82) is 0 Å². The molecule has 0 aliphatic carbocycles. The average molecular weight is 365 g/mol. The molecule has 1 aliphatic heterocycles. The highest BCUT2D eigenvalue weighted by atomic mass is 16.5. The van der Waals surface area contributed by atoms with E-state index in [0.29, 0.717) is 12.4 Å². The maximum absolute atomic E-state index is 5.35. The minimum atomic E-state index is 0.285. The van der Waals surface area contributed by atoms with Crippen LogP contribution in [0, 0.1) is 0 Å². The van der Waals surface area contributed by atoms with E-state index in [-0.39, 0.29) is 5.92 Å². The van der Waals surface area contributed by atoms with Gasteiger partial charge in [0.25, 0.3) is 0 Å². The standard InChI is InChI=1S/C19H23N7O/c1-14(2)19-21-18(27-24-19)13-25-8-10-26(11-9-25)17-6-5-16(22-23-17)15-4-3-7-20-12-15/h3-7,12,14H,8-11,13H2,1-2H3. The summed E-state index contributed by atoms with van der Waals surface area (Å²) < 4.78 is 5.35. The van der Waals surface area contributed by atoms with Crippen molar-refractivity contribution in [2.45, 2.75) is 26.3 Å². The Morgan fingerprint density at radius 2 is 1.93 bits per heavy atom. The fourth-order valence-electron chi connectivity index (χ4n) is 3.06. The predicted molar refractivity (Wildman–Crippen MR) is 101 cm³/mol. The van der Waals surface area contributed by atoms with Gasteiger partial charge in [0.2, 0.25) is 5.89 Å². The molecule has 0 N–H and O–H groups in total. The highest BCUT2D eigenvalue weighted by molar-refractivity contribution is 5.58. The highest BCUT2D eigenvalue weighted by Gasteiger charge is 2.21. The molecule has 8 nitrogen and oxygen atoms in total. The lowest BCUT2D eigenvalue weighted by Gasteiger charge is -2.34. The molecule has 0 saturated carbocycles. The molecular weight excluding hydrogens is 342 g/mol. The molecule has 3 aromatic rings. The van der Waals surface area contributed by atoms with Crippen LogP contribution in [0.1, 0.15) is 31.5 Å². The lowest BCUT2D eigenvalue weighted by molar-refractivity contribution is 0.215.